The van der Waals surface area contributed by atoms with E-state index in [9.17, 15) is 9.90 Å². The molecule has 2 aromatic rings. The Bertz CT molecular complexity index is 690. The second-order valence-corrected chi connectivity index (χ2v) is 6.14. The van der Waals surface area contributed by atoms with Gasteiger partial charge in [0.05, 0.1) is 23.9 Å². The molecule has 1 atom stereocenters. The maximum absolute atomic E-state index is 12.4. The summed E-state index contributed by atoms with van der Waals surface area (Å²) in [5, 5.41) is 17.5. The predicted molar refractivity (Wildman–Crippen MR) is 95.1 cm³/mol. The Morgan fingerprint density at radius 2 is 1.92 bits per heavy atom. The fourth-order valence-electron chi connectivity index (χ4n) is 3.00. The van der Waals surface area contributed by atoms with Crippen LogP contribution in [0.4, 0.5) is 0 Å². The number of nitrogens with zero attached hydrogens (tertiary/aromatic N) is 2. The van der Waals surface area contributed by atoms with E-state index in [4.69, 9.17) is 0 Å². The van der Waals surface area contributed by atoms with Gasteiger partial charge in [-0.2, -0.15) is 5.10 Å². The average molecular weight is 329 g/mol. The van der Waals surface area contributed by atoms with Gasteiger partial charge in [-0.3, -0.25) is 9.48 Å². The molecule has 1 unspecified atom stereocenters. The number of hydrogen-bond acceptors (Lipinski definition) is 3. The molecule has 1 aromatic carbocycles. The third-order valence-corrected chi connectivity index (χ3v) is 4.58. The van der Waals surface area contributed by atoms with Crippen LogP contribution in [0.25, 0.3) is 0 Å². The number of amides is 1. The zero-order chi connectivity index (χ0) is 17.7. The van der Waals surface area contributed by atoms with Crippen molar-refractivity contribution in [3.8, 4) is 0 Å². The monoisotopic (exact) mass is 329 g/mol. The maximum atomic E-state index is 12.4. The molecule has 0 fully saturated rings. The highest BCUT2D eigenvalue weighted by Crippen LogP contribution is 2.20. The third kappa shape index (κ3) is 3.85. The minimum Gasteiger partial charge on any atom is -0.387 e. The molecular formula is C19H27N3O2. The summed E-state index contributed by atoms with van der Waals surface area (Å²) in [5.41, 5.74) is 3.28. The number of carbonyl (C=O) groups excluding carboxylic acids is 1. The van der Waals surface area contributed by atoms with Crippen molar-refractivity contribution >= 4 is 5.91 Å². The lowest BCUT2D eigenvalue weighted by Gasteiger charge is -2.16. The van der Waals surface area contributed by atoms with E-state index in [1.54, 1.807) is 6.20 Å². The van der Waals surface area contributed by atoms with Gasteiger partial charge in [0, 0.05) is 12.2 Å². The number of aryl methyl sites for hydroxylation is 1. The highest BCUT2D eigenvalue weighted by molar-refractivity contribution is 5.95. The Balaban J connectivity index is 2.04. The fourth-order valence-corrected chi connectivity index (χ4v) is 3.00. The van der Waals surface area contributed by atoms with E-state index in [0.717, 1.165) is 29.7 Å². The Hall–Kier alpha value is -2.14. The molecule has 0 spiro atoms. The van der Waals surface area contributed by atoms with Crippen LogP contribution in [0.2, 0.25) is 0 Å². The van der Waals surface area contributed by atoms with Gasteiger partial charge in [0.25, 0.3) is 5.91 Å². The summed E-state index contributed by atoms with van der Waals surface area (Å²) < 4.78 is 1.92. The quantitative estimate of drug-likeness (QED) is 0.819. The summed E-state index contributed by atoms with van der Waals surface area (Å²) in [5.74, 6) is -0.197. The van der Waals surface area contributed by atoms with Crippen LogP contribution in [-0.4, -0.2) is 27.3 Å². The van der Waals surface area contributed by atoms with Crippen molar-refractivity contribution in [3.05, 3.63) is 52.8 Å². The highest BCUT2D eigenvalue weighted by Gasteiger charge is 2.19. The fraction of sp³-hybridized carbons (Fsp3) is 0.474. The molecule has 5 heteroatoms. The minimum absolute atomic E-state index is 0.180. The normalized spacial score (nSPS) is 12.4. The average Bonchev–Trinajstić information content (AvgIpc) is 2.96. The Morgan fingerprint density at radius 1 is 1.25 bits per heavy atom. The Morgan fingerprint density at radius 3 is 2.54 bits per heavy atom. The van der Waals surface area contributed by atoms with Gasteiger partial charge in [0.1, 0.15) is 0 Å². The molecule has 1 heterocycles. The van der Waals surface area contributed by atoms with Gasteiger partial charge in [-0.05, 0) is 37.8 Å². The van der Waals surface area contributed by atoms with E-state index in [1.165, 1.54) is 0 Å². The topological polar surface area (TPSA) is 67.2 Å². The molecule has 0 saturated heterocycles. The first-order valence-corrected chi connectivity index (χ1v) is 8.55. The first-order chi connectivity index (χ1) is 11.5. The summed E-state index contributed by atoms with van der Waals surface area (Å²) in [6.07, 6.45) is 2.85. The van der Waals surface area contributed by atoms with Crippen molar-refractivity contribution in [2.45, 2.75) is 52.7 Å². The molecule has 0 saturated carbocycles. The van der Waals surface area contributed by atoms with Crippen molar-refractivity contribution in [2.24, 2.45) is 0 Å². The number of hydrogen-bond donors (Lipinski definition) is 2. The lowest BCUT2D eigenvalue weighted by Crippen LogP contribution is -2.29. The van der Waals surface area contributed by atoms with Crippen LogP contribution in [0.1, 0.15) is 66.0 Å². The molecule has 2 rings (SSSR count). The van der Waals surface area contributed by atoms with Crippen LogP contribution in [-0.2, 0) is 0 Å². The van der Waals surface area contributed by atoms with Gasteiger partial charge in [-0.25, -0.2) is 0 Å². The lowest BCUT2D eigenvalue weighted by atomic mass is 10.0. The third-order valence-electron chi connectivity index (χ3n) is 4.58. The number of aromatic nitrogens is 2. The van der Waals surface area contributed by atoms with Crippen LogP contribution in [0, 0.1) is 13.8 Å². The summed E-state index contributed by atoms with van der Waals surface area (Å²) >= 11 is 0. The predicted octanol–water partition coefficient (Wildman–Crippen LogP) is 3.32. The molecule has 5 nitrogen and oxygen atoms in total. The SMILES string of the molecule is CCC(CC)n1ncc(C(=O)NCC(O)c2ccccc2C)c1C. The second-order valence-electron chi connectivity index (χ2n) is 6.14. The number of carbonyl (C=O) groups is 1. The molecule has 2 N–H and O–H groups in total. The van der Waals surface area contributed by atoms with Gasteiger partial charge < -0.3 is 10.4 Å². The lowest BCUT2D eigenvalue weighted by molar-refractivity contribution is 0.0915. The van der Waals surface area contributed by atoms with Crippen molar-refractivity contribution in [3.63, 3.8) is 0 Å². The standard InChI is InChI=1S/C19H27N3O2/c1-5-15(6-2)22-14(4)17(11-21-22)19(24)20-12-18(23)16-10-8-7-9-13(16)3/h7-11,15,18,23H,5-6,12H2,1-4H3,(H,20,24). The highest BCUT2D eigenvalue weighted by atomic mass is 16.3. The van der Waals surface area contributed by atoms with Crippen molar-refractivity contribution in [1.82, 2.24) is 15.1 Å². The summed E-state index contributed by atoms with van der Waals surface area (Å²) in [7, 11) is 0. The number of aliphatic hydroxyl groups excluding tert-OH is 1. The van der Waals surface area contributed by atoms with Gasteiger partial charge in [0.15, 0.2) is 0 Å². The molecule has 0 aliphatic rings. The van der Waals surface area contributed by atoms with Gasteiger partial charge in [0.2, 0.25) is 0 Å². The zero-order valence-electron chi connectivity index (χ0n) is 14.9. The molecule has 1 amide bonds. The molecule has 0 aliphatic carbocycles. The van der Waals surface area contributed by atoms with Gasteiger partial charge >= 0.3 is 0 Å². The molecule has 0 radical (unpaired) electrons. The zero-order valence-corrected chi connectivity index (χ0v) is 14.9. The number of aliphatic hydroxyl groups is 1. The van der Waals surface area contributed by atoms with E-state index < -0.39 is 6.10 Å². The van der Waals surface area contributed by atoms with Crippen LogP contribution >= 0.6 is 0 Å². The molecule has 24 heavy (non-hydrogen) atoms. The first kappa shape index (κ1) is 18.2. The minimum atomic E-state index is -0.718. The van der Waals surface area contributed by atoms with Crippen LogP contribution < -0.4 is 5.32 Å². The number of nitrogens with one attached hydrogen (secondary N) is 1. The van der Waals surface area contributed by atoms with E-state index >= 15 is 0 Å². The van der Waals surface area contributed by atoms with Crippen molar-refractivity contribution < 1.29 is 9.90 Å². The van der Waals surface area contributed by atoms with Crippen molar-refractivity contribution in [2.75, 3.05) is 6.54 Å². The number of rotatable bonds is 7. The Kier molecular flexibility index (Phi) is 6.15. The van der Waals surface area contributed by atoms with Crippen LogP contribution in [0.5, 0.6) is 0 Å². The van der Waals surface area contributed by atoms with Crippen LogP contribution in [0.15, 0.2) is 30.5 Å². The first-order valence-electron chi connectivity index (χ1n) is 8.55. The summed E-state index contributed by atoms with van der Waals surface area (Å²) in [6, 6.07) is 7.95. The second kappa shape index (κ2) is 8.11. The molecule has 1 aromatic heterocycles. The van der Waals surface area contributed by atoms with E-state index in [-0.39, 0.29) is 12.5 Å². The van der Waals surface area contributed by atoms with E-state index in [2.05, 4.69) is 24.3 Å². The van der Waals surface area contributed by atoms with Crippen molar-refractivity contribution in [1.29, 1.82) is 0 Å². The summed E-state index contributed by atoms with van der Waals surface area (Å²) in [4.78, 5) is 12.4. The van der Waals surface area contributed by atoms with Gasteiger partial charge in [-0.15, -0.1) is 0 Å². The smallest absolute Gasteiger partial charge is 0.254 e. The molecule has 0 bridgehead atoms. The van der Waals surface area contributed by atoms with E-state index in [0.29, 0.717) is 11.6 Å². The molecule has 0 aliphatic heterocycles. The molecular weight excluding hydrogens is 302 g/mol. The largest absolute Gasteiger partial charge is 0.387 e. The number of benzene rings is 1. The summed E-state index contributed by atoms with van der Waals surface area (Å²) in [6.45, 7) is 8.28. The molecule has 130 valence electrons. The van der Waals surface area contributed by atoms with E-state index in [1.807, 2.05) is 42.8 Å². The maximum Gasteiger partial charge on any atom is 0.254 e. The Labute approximate surface area is 143 Å². The van der Waals surface area contributed by atoms with Gasteiger partial charge in [-0.1, -0.05) is 38.1 Å². The van der Waals surface area contributed by atoms with Crippen LogP contribution in [0.3, 0.4) is 0 Å².